The fourth-order valence-electron chi connectivity index (χ4n) is 1.88. The van der Waals surface area contributed by atoms with Crippen molar-refractivity contribution in [3.63, 3.8) is 0 Å². The van der Waals surface area contributed by atoms with Crippen LogP contribution < -0.4 is 5.32 Å². The normalized spacial score (nSPS) is 25.3. The number of ether oxygens (including phenoxy) is 1. The number of nitrogens with zero attached hydrogens (tertiary/aromatic N) is 1. The summed E-state index contributed by atoms with van der Waals surface area (Å²) in [6.07, 6.45) is 3.24. The highest BCUT2D eigenvalue weighted by atomic mass is 16.5. The van der Waals surface area contributed by atoms with Crippen molar-refractivity contribution in [2.75, 3.05) is 20.2 Å². The van der Waals surface area contributed by atoms with Gasteiger partial charge in [-0.25, -0.2) is 4.79 Å². The minimum atomic E-state index is 0.0193. The summed E-state index contributed by atoms with van der Waals surface area (Å²) in [5, 5.41) is 2.91. The summed E-state index contributed by atoms with van der Waals surface area (Å²) in [5.41, 5.74) is 0. The van der Waals surface area contributed by atoms with Crippen molar-refractivity contribution in [3.8, 4) is 0 Å². The fraction of sp³-hybridized carbons (Fsp3) is 0.909. The van der Waals surface area contributed by atoms with Crippen LogP contribution in [0.4, 0.5) is 4.79 Å². The number of carbonyl (C=O) groups excluding carboxylic acids is 1. The van der Waals surface area contributed by atoms with Crippen LogP contribution in [0.1, 0.15) is 33.1 Å². The average molecular weight is 214 g/mol. The average Bonchev–Trinajstić information content (AvgIpc) is 2.63. The van der Waals surface area contributed by atoms with E-state index >= 15 is 0 Å². The Morgan fingerprint density at radius 2 is 2.33 bits per heavy atom. The van der Waals surface area contributed by atoms with E-state index in [1.54, 1.807) is 4.90 Å². The lowest BCUT2D eigenvalue weighted by Gasteiger charge is -2.26. The monoisotopic (exact) mass is 214 g/mol. The number of nitrogens with one attached hydrogen (secondary N) is 1. The molecule has 1 aliphatic heterocycles. The van der Waals surface area contributed by atoms with Crippen LogP contribution >= 0.6 is 0 Å². The highest BCUT2D eigenvalue weighted by Gasteiger charge is 2.30. The molecule has 0 aliphatic carbocycles. The molecule has 2 unspecified atom stereocenters. The number of urea groups is 1. The molecule has 2 atom stereocenters. The molecule has 0 aromatic rings. The molecular weight excluding hydrogens is 192 g/mol. The highest BCUT2D eigenvalue weighted by molar-refractivity contribution is 5.74. The molecule has 4 heteroatoms. The van der Waals surface area contributed by atoms with Crippen LogP contribution in [-0.4, -0.2) is 43.3 Å². The van der Waals surface area contributed by atoms with Gasteiger partial charge in [-0.1, -0.05) is 13.3 Å². The third kappa shape index (κ3) is 3.38. The summed E-state index contributed by atoms with van der Waals surface area (Å²) in [6, 6.07) is 0.248. The first-order valence-electron chi connectivity index (χ1n) is 5.79. The van der Waals surface area contributed by atoms with Gasteiger partial charge in [-0.3, -0.25) is 0 Å². The number of unbranched alkanes of at least 4 members (excludes halogenated alkanes) is 1. The molecule has 4 nitrogen and oxygen atoms in total. The number of carbonyl (C=O) groups is 1. The first kappa shape index (κ1) is 12.3. The Balaban J connectivity index is 2.31. The quantitative estimate of drug-likeness (QED) is 0.722. The number of likely N-dealkylation sites (N-methyl/N-ethyl adjacent to an activating group) is 1. The maximum atomic E-state index is 11.7. The number of hydrogen-bond donors (Lipinski definition) is 1. The predicted molar refractivity (Wildman–Crippen MR) is 59.9 cm³/mol. The van der Waals surface area contributed by atoms with E-state index < -0.39 is 0 Å². The molecule has 0 aromatic heterocycles. The highest BCUT2D eigenvalue weighted by Crippen LogP contribution is 2.17. The van der Waals surface area contributed by atoms with Crippen LogP contribution in [0.2, 0.25) is 0 Å². The van der Waals surface area contributed by atoms with Gasteiger partial charge in [0.05, 0.1) is 12.1 Å². The molecule has 1 N–H and O–H groups in total. The Morgan fingerprint density at radius 1 is 1.60 bits per heavy atom. The molecule has 1 saturated heterocycles. The van der Waals surface area contributed by atoms with E-state index in [1.807, 2.05) is 14.0 Å². The maximum Gasteiger partial charge on any atom is 0.317 e. The minimum absolute atomic E-state index is 0.0193. The van der Waals surface area contributed by atoms with Gasteiger partial charge in [0.15, 0.2) is 0 Å². The van der Waals surface area contributed by atoms with E-state index in [2.05, 4.69) is 12.2 Å². The van der Waals surface area contributed by atoms with Crippen LogP contribution in [0.25, 0.3) is 0 Å². The molecule has 15 heavy (non-hydrogen) atoms. The summed E-state index contributed by atoms with van der Waals surface area (Å²) in [5.74, 6) is 0. The first-order valence-corrected chi connectivity index (χ1v) is 5.79. The second kappa shape index (κ2) is 5.95. The van der Waals surface area contributed by atoms with E-state index in [0.717, 1.165) is 32.4 Å². The smallest absolute Gasteiger partial charge is 0.317 e. The lowest BCUT2D eigenvalue weighted by molar-refractivity contribution is 0.0907. The Morgan fingerprint density at radius 3 is 2.87 bits per heavy atom. The summed E-state index contributed by atoms with van der Waals surface area (Å²) in [4.78, 5) is 13.5. The Bertz CT molecular complexity index is 209. The molecule has 2 amide bonds. The Hall–Kier alpha value is -0.770. The third-order valence-electron chi connectivity index (χ3n) is 2.96. The van der Waals surface area contributed by atoms with Crippen LogP contribution in [0, 0.1) is 0 Å². The molecule has 0 aromatic carbocycles. The third-order valence-corrected chi connectivity index (χ3v) is 2.96. The Labute approximate surface area is 92.0 Å². The van der Waals surface area contributed by atoms with Gasteiger partial charge >= 0.3 is 6.03 Å². The lowest BCUT2D eigenvalue weighted by atomic mass is 10.1. The lowest BCUT2D eigenvalue weighted by Crippen LogP contribution is -2.46. The van der Waals surface area contributed by atoms with Crippen molar-refractivity contribution in [1.29, 1.82) is 0 Å². The van der Waals surface area contributed by atoms with Crippen molar-refractivity contribution >= 4 is 6.03 Å². The van der Waals surface area contributed by atoms with Crippen LogP contribution in [0.5, 0.6) is 0 Å². The topological polar surface area (TPSA) is 41.6 Å². The zero-order valence-electron chi connectivity index (χ0n) is 9.95. The van der Waals surface area contributed by atoms with Crippen molar-refractivity contribution in [1.82, 2.24) is 10.2 Å². The molecule has 0 saturated carbocycles. The zero-order valence-corrected chi connectivity index (χ0v) is 9.95. The minimum Gasteiger partial charge on any atom is -0.376 e. The largest absolute Gasteiger partial charge is 0.376 e. The number of hydrogen-bond acceptors (Lipinski definition) is 2. The summed E-state index contributed by atoms with van der Waals surface area (Å²) in [6.45, 7) is 5.66. The molecular formula is C11H22N2O2. The van der Waals surface area contributed by atoms with Gasteiger partial charge < -0.3 is 15.0 Å². The first-order chi connectivity index (χ1) is 7.16. The van der Waals surface area contributed by atoms with E-state index in [9.17, 15) is 4.79 Å². The summed E-state index contributed by atoms with van der Waals surface area (Å²) < 4.78 is 5.44. The van der Waals surface area contributed by atoms with Gasteiger partial charge in [-0.2, -0.15) is 0 Å². The van der Waals surface area contributed by atoms with E-state index in [4.69, 9.17) is 4.74 Å². The van der Waals surface area contributed by atoms with E-state index in [-0.39, 0.29) is 18.2 Å². The summed E-state index contributed by atoms with van der Waals surface area (Å²) in [7, 11) is 1.84. The standard InChI is InChI=1S/C11H22N2O2/c1-4-5-7-12-11(14)13(3)10-6-8-15-9(10)2/h9-10H,4-8H2,1-3H3,(H,12,14). The number of rotatable bonds is 4. The second-order valence-corrected chi connectivity index (χ2v) is 4.13. The predicted octanol–water partition coefficient (Wildman–Crippen LogP) is 1.61. The Kier molecular flexibility index (Phi) is 4.88. The molecule has 0 radical (unpaired) electrons. The van der Waals surface area contributed by atoms with Crippen molar-refractivity contribution in [2.45, 2.75) is 45.3 Å². The van der Waals surface area contributed by atoms with Gasteiger partial charge in [0.1, 0.15) is 0 Å². The van der Waals surface area contributed by atoms with Crippen molar-refractivity contribution in [2.24, 2.45) is 0 Å². The van der Waals surface area contributed by atoms with Gasteiger partial charge in [0.2, 0.25) is 0 Å². The van der Waals surface area contributed by atoms with Crippen LogP contribution in [0.15, 0.2) is 0 Å². The fourth-order valence-corrected chi connectivity index (χ4v) is 1.88. The zero-order chi connectivity index (χ0) is 11.3. The molecule has 88 valence electrons. The second-order valence-electron chi connectivity index (χ2n) is 4.13. The van der Waals surface area contributed by atoms with Gasteiger partial charge in [0.25, 0.3) is 0 Å². The van der Waals surface area contributed by atoms with Gasteiger partial charge in [-0.15, -0.1) is 0 Å². The molecule has 1 heterocycles. The van der Waals surface area contributed by atoms with Crippen LogP contribution in [-0.2, 0) is 4.74 Å². The summed E-state index contributed by atoms with van der Waals surface area (Å²) >= 11 is 0. The molecule has 0 spiro atoms. The number of amides is 2. The van der Waals surface area contributed by atoms with Gasteiger partial charge in [-0.05, 0) is 19.8 Å². The van der Waals surface area contributed by atoms with Crippen LogP contribution in [0.3, 0.4) is 0 Å². The maximum absolute atomic E-state index is 11.7. The molecule has 1 fully saturated rings. The molecule has 0 bridgehead atoms. The van der Waals surface area contributed by atoms with E-state index in [1.165, 1.54) is 0 Å². The molecule has 1 rings (SSSR count). The molecule has 1 aliphatic rings. The van der Waals surface area contributed by atoms with E-state index in [0.29, 0.717) is 0 Å². The SMILES string of the molecule is CCCCNC(=O)N(C)C1CCOC1C. The van der Waals surface area contributed by atoms with Crippen molar-refractivity contribution < 1.29 is 9.53 Å². The van der Waals surface area contributed by atoms with Gasteiger partial charge in [0, 0.05) is 20.2 Å². The van der Waals surface area contributed by atoms with Crippen molar-refractivity contribution in [3.05, 3.63) is 0 Å².